The molecular weight excluding hydrogens is 198 g/mol. The zero-order valence-corrected chi connectivity index (χ0v) is 9.43. The standard InChI is InChI=1S/C10H16ClN3/c1-4-5-6-12-7-9-10(11)8(2)13-14(9)3/h4,12H,1,5-7H2,2-3H3. The van der Waals surface area contributed by atoms with Crippen molar-refractivity contribution in [3.05, 3.63) is 29.1 Å². The van der Waals surface area contributed by atoms with Gasteiger partial charge in [0.15, 0.2) is 0 Å². The molecule has 1 aromatic heterocycles. The molecule has 0 unspecified atom stereocenters. The Morgan fingerprint density at radius 3 is 2.86 bits per heavy atom. The zero-order chi connectivity index (χ0) is 10.6. The van der Waals surface area contributed by atoms with E-state index in [1.54, 1.807) is 0 Å². The lowest BCUT2D eigenvalue weighted by atomic mass is 10.3. The van der Waals surface area contributed by atoms with E-state index in [2.05, 4.69) is 17.0 Å². The van der Waals surface area contributed by atoms with Gasteiger partial charge in [-0.05, 0) is 19.9 Å². The number of rotatable bonds is 5. The van der Waals surface area contributed by atoms with E-state index < -0.39 is 0 Å². The first-order chi connectivity index (χ1) is 6.66. The van der Waals surface area contributed by atoms with Gasteiger partial charge in [-0.1, -0.05) is 17.7 Å². The Hall–Kier alpha value is -0.800. The summed E-state index contributed by atoms with van der Waals surface area (Å²) < 4.78 is 1.82. The number of nitrogens with one attached hydrogen (secondary N) is 1. The third-order valence-electron chi connectivity index (χ3n) is 2.08. The van der Waals surface area contributed by atoms with Crippen LogP contribution in [-0.2, 0) is 13.6 Å². The predicted octanol–water partition coefficient (Wildman–Crippen LogP) is 2.05. The van der Waals surface area contributed by atoms with E-state index >= 15 is 0 Å². The second-order valence-electron chi connectivity index (χ2n) is 3.22. The quantitative estimate of drug-likeness (QED) is 0.600. The number of aromatic nitrogens is 2. The first-order valence-corrected chi connectivity index (χ1v) is 5.04. The van der Waals surface area contributed by atoms with Crippen molar-refractivity contribution in [2.75, 3.05) is 6.54 Å². The molecule has 0 saturated heterocycles. The van der Waals surface area contributed by atoms with Crippen molar-refractivity contribution in [3.8, 4) is 0 Å². The Morgan fingerprint density at radius 1 is 1.64 bits per heavy atom. The largest absolute Gasteiger partial charge is 0.311 e. The lowest BCUT2D eigenvalue weighted by molar-refractivity contribution is 0.628. The first-order valence-electron chi connectivity index (χ1n) is 4.66. The predicted molar refractivity (Wildman–Crippen MR) is 59.5 cm³/mol. The molecule has 0 amide bonds. The smallest absolute Gasteiger partial charge is 0.0860 e. The van der Waals surface area contributed by atoms with Crippen LogP contribution in [0.4, 0.5) is 0 Å². The molecule has 1 aromatic rings. The molecular formula is C10H16ClN3. The summed E-state index contributed by atoms with van der Waals surface area (Å²) in [6.45, 7) is 7.25. The van der Waals surface area contributed by atoms with Crippen LogP contribution < -0.4 is 5.32 Å². The summed E-state index contributed by atoms with van der Waals surface area (Å²) >= 11 is 6.08. The minimum atomic E-state index is 0.754. The summed E-state index contributed by atoms with van der Waals surface area (Å²) in [5.41, 5.74) is 1.92. The summed E-state index contributed by atoms with van der Waals surface area (Å²) in [5.74, 6) is 0. The topological polar surface area (TPSA) is 29.9 Å². The van der Waals surface area contributed by atoms with Gasteiger partial charge in [-0.3, -0.25) is 4.68 Å². The summed E-state index contributed by atoms with van der Waals surface area (Å²) in [4.78, 5) is 0. The minimum Gasteiger partial charge on any atom is -0.311 e. The van der Waals surface area contributed by atoms with Crippen molar-refractivity contribution in [3.63, 3.8) is 0 Å². The van der Waals surface area contributed by atoms with Gasteiger partial charge in [0, 0.05) is 13.6 Å². The Kier molecular flexibility index (Phi) is 4.17. The Bertz CT molecular complexity index is 317. The maximum Gasteiger partial charge on any atom is 0.0860 e. The monoisotopic (exact) mass is 213 g/mol. The summed E-state index contributed by atoms with van der Waals surface area (Å²) in [7, 11) is 1.91. The van der Waals surface area contributed by atoms with E-state index in [0.29, 0.717) is 0 Å². The number of hydrogen-bond acceptors (Lipinski definition) is 2. The van der Waals surface area contributed by atoms with Crippen molar-refractivity contribution in [1.29, 1.82) is 0 Å². The molecule has 1 heterocycles. The number of halogens is 1. The molecule has 0 spiro atoms. The highest BCUT2D eigenvalue weighted by molar-refractivity contribution is 6.31. The van der Waals surface area contributed by atoms with Gasteiger partial charge in [0.25, 0.3) is 0 Å². The molecule has 1 N–H and O–H groups in total. The van der Waals surface area contributed by atoms with E-state index in [-0.39, 0.29) is 0 Å². The molecule has 0 aliphatic heterocycles. The van der Waals surface area contributed by atoms with Crippen LogP contribution in [0, 0.1) is 6.92 Å². The van der Waals surface area contributed by atoms with Crippen LogP contribution in [0.3, 0.4) is 0 Å². The summed E-state index contributed by atoms with van der Waals surface area (Å²) in [5, 5.41) is 8.28. The highest BCUT2D eigenvalue weighted by atomic mass is 35.5. The van der Waals surface area contributed by atoms with Crippen LogP contribution in [0.25, 0.3) is 0 Å². The van der Waals surface area contributed by atoms with Gasteiger partial charge in [-0.15, -0.1) is 6.58 Å². The van der Waals surface area contributed by atoms with Gasteiger partial charge in [0.2, 0.25) is 0 Å². The number of nitrogens with zero attached hydrogens (tertiary/aromatic N) is 2. The van der Waals surface area contributed by atoms with Crippen LogP contribution in [-0.4, -0.2) is 16.3 Å². The van der Waals surface area contributed by atoms with E-state index in [1.807, 2.05) is 24.7 Å². The van der Waals surface area contributed by atoms with Gasteiger partial charge in [0.1, 0.15) is 0 Å². The van der Waals surface area contributed by atoms with Crippen molar-refractivity contribution < 1.29 is 0 Å². The van der Waals surface area contributed by atoms with Gasteiger partial charge in [0.05, 0.1) is 16.4 Å². The highest BCUT2D eigenvalue weighted by Gasteiger charge is 2.09. The molecule has 0 aliphatic rings. The number of aryl methyl sites for hydroxylation is 2. The Morgan fingerprint density at radius 2 is 2.36 bits per heavy atom. The molecule has 0 fully saturated rings. The van der Waals surface area contributed by atoms with Crippen LogP contribution in [0.15, 0.2) is 12.7 Å². The average molecular weight is 214 g/mol. The second-order valence-corrected chi connectivity index (χ2v) is 3.60. The van der Waals surface area contributed by atoms with Crippen molar-refractivity contribution in [1.82, 2.24) is 15.1 Å². The van der Waals surface area contributed by atoms with Crippen LogP contribution in [0.2, 0.25) is 5.02 Å². The lowest BCUT2D eigenvalue weighted by Crippen LogP contribution is -2.16. The first kappa shape index (κ1) is 11.3. The molecule has 3 nitrogen and oxygen atoms in total. The molecule has 0 saturated carbocycles. The van der Waals surface area contributed by atoms with Gasteiger partial charge in [-0.25, -0.2) is 0 Å². The van der Waals surface area contributed by atoms with Gasteiger partial charge >= 0.3 is 0 Å². The third kappa shape index (κ3) is 2.59. The lowest BCUT2D eigenvalue weighted by Gasteiger charge is -2.03. The van der Waals surface area contributed by atoms with Crippen molar-refractivity contribution in [2.45, 2.75) is 19.9 Å². The fourth-order valence-corrected chi connectivity index (χ4v) is 1.51. The van der Waals surface area contributed by atoms with Crippen LogP contribution in [0.1, 0.15) is 17.8 Å². The molecule has 1 rings (SSSR count). The maximum atomic E-state index is 6.08. The summed E-state index contributed by atoms with van der Waals surface area (Å²) in [6, 6.07) is 0. The Labute approximate surface area is 89.8 Å². The summed E-state index contributed by atoms with van der Waals surface area (Å²) in [6.07, 6.45) is 2.86. The van der Waals surface area contributed by atoms with Crippen molar-refractivity contribution >= 4 is 11.6 Å². The van der Waals surface area contributed by atoms with Crippen LogP contribution >= 0.6 is 11.6 Å². The van der Waals surface area contributed by atoms with Crippen molar-refractivity contribution in [2.24, 2.45) is 7.05 Å². The Balaban J connectivity index is 2.53. The van der Waals surface area contributed by atoms with E-state index in [4.69, 9.17) is 11.6 Å². The molecule has 0 bridgehead atoms. The minimum absolute atomic E-state index is 0.754. The fraction of sp³-hybridized carbons (Fsp3) is 0.500. The molecule has 0 aromatic carbocycles. The van der Waals surface area contributed by atoms with E-state index in [0.717, 1.165) is 35.9 Å². The SMILES string of the molecule is C=CCCNCc1c(Cl)c(C)nn1C. The third-order valence-corrected chi connectivity index (χ3v) is 2.57. The van der Waals surface area contributed by atoms with Gasteiger partial charge < -0.3 is 5.32 Å². The highest BCUT2D eigenvalue weighted by Crippen LogP contribution is 2.18. The fourth-order valence-electron chi connectivity index (χ4n) is 1.28. The molecule has 0 aliphatic carbocycles. The van der Waals surface area contributed by atoms with Gasteiger partial charge in [-0.2, -0.15) is 5.10 Å². The van der Waals surface area contributed by atoms with Crippen LogP contribution in [0.5, 0.6) is 0 Å². The van der Waals surface area contributed by atoms with E-state index in [1.165, 1.54) is 0 Å². The molecule has 78 valence electrons. The zero-order valence-electron chi connectivity index (χ0n) is 8.68. The second kappa shape index (κ2) is 5.17. The maximum absolute atomic E-state index is 6.08. The van der Waals surface area contributed by atoms with E-state index in [9.17, 15) is 0 Å². The normalized spacial score (nSPS) is 10.5. The average Bonchev–Trinajstić information content (AvgIpc) is 2.38. The molecule has 4 heteroatoms. The number of hydrogen-bond donors (Lipinski definition) is 1. The molecule has 0 atom stereocenters. The molecule has 0 radical (unpaired) electrons. The molecule has 14 heavy (non-hydrogen) atoms.